The minimum absolute atomic E-state index is 0.0385. The van der Waals surface area contributed by atoms with Crippen molar-refractivity contribution in [3.8, 4) is 0 Å². The molecule has 0 saturated carbocycles. The Morgan fingerprint density at radius 1 is 1.17 bits per heavy atom. The van der Waals surface area contributed by atoms with E-state index in [9.17, 15) is 14.7 Å². The molecule has 1 aliphatic heterocycles. The van der Waals surface area contributed by atoms with Crippen molar-refractivity contribution in [1.82, 2.24) is 4.98 Å². The number of carboxylic acids is 1. The van der Waals surface area contributed by atoms with Crippen molar-refractivity contribution in [3.05, 3.63) is 59.4 Å². The maximum atomic E-state index is 12.8. The minimum Gasteiger partial charge on any atom is -0.481 e. The molecule has 24 heavy (non-hydrogen) atoms. The number of para-hydroxylation sites is 1. The number of carbonyl (C=O) groups excluding carboxylic acids is 1. The third kappa shape index (κ3) is 2.77. The first-order valence-corrected chi connectivity index (χ1v) is 7.89. The summed E-state index contributed by atoms with van der Waals surface area (Å²) in [5.41, 5.74) is 2.65. The van der Waals surface area contributed by atoms with Gasteiger partial charge in [0.15, 0.2) is 0 Å². The number of fused-ring (bicyclic) bond motifs is 1. The van der Waals surface area contributed by atoms with E-state index in [1.54, 1.807) is 36.5 Å². The first kappa shape index (κ1) is 16.2. The zero-order valence-electron chi connectivity index (χ0n) is 14.0. The second kappa shape index (κ2) is 5.74. The monoisotopic (exact) mass is 324 g/mol. The molecule has 0 spiro atoms. The average molecular weight is 324 g/mol. The number of nitrogens with zero attached hydrogens (tertiary/aromatic N) is 2. The molecule has 5 nitrogen and oxygen atoms in total. The fourth-order valence-electron chi connectivity index (χ4n) is 2.91. The zero-order valence-corrected chi connectivity index (χ0v) is 14.0. The van der Waals surface area contributed by atoms with Gasteiger partial charge in [-0.15, -0.1) is 0 Å². The van der Waals surface area contributed by atoms with E-state index in [1.807, 2.05) is 6.07 Å². The molecule has 124 valence electrons. The highest BCUT2D eigenvalue weighted by atomic mass is 16.4. The van der Waals surface area contributed by atoms with E-state index in [2.05, 4.69) is 25.8 Å². The Balaban J connectivity index is 1.92. The topological polar surface area (TPSA) is 70.5 Å². The molecule has 5 heteroatoms. The Hall–Kier alpha value is -2.69. The van der Waals surface area contributed by atoms with Crippen molar-refractivity contribution in [2.75, 3.05) is 11.4 Å². The zero-order chi connectivity index (χ0) is 17.5. The molecule has 1 N–H and O–H groups in total. The van der Waals surface area contributed by atoms with Gasteiger partial charge in [-0.25, -0.2) is 0 Å². The minimum atomic E-state index is -0.922. The Labute approximate surface area is 140 Å². The van der Waals surface area contributed by atoms with E-state index in [0.29, 0.717) is 16.9 Å². The van der Waals surface area contributed by atoms with Crippen LogP contribution >= 0.6 is 0 Å². The van der Waals surface area contributed by atoms with Gasteiger partial charge in [0.2, 0.25) is 0 Å². The third-order valence-corrected chi connectivity index (χ3v) is 4.36. The number of anilines is 1. The number of rotatable bonds is 2. The fraction of sp³-hybridized carbons (Fsp3) is 0.316. The summed E-state index contributed by atoms with van der Waals surface area (Å²) in [7, 11) is 0. The highest BCUT2D eigenvalue weighted by Gasteiger charge is 2.37. The highest BCUT2D eigenvalue weighted by molar-refractivity contribution is 6.07. The third-order valence-electron chi connectivity index (χ3n) is 4.36. The van der Waals surface area contributed by atoms with Crippen LogP contribution < -0.4 is 4.90 Å². The van der Waals surface area contributed by atoms with Crippen LogP contribution in [-0.2, 0) is 10.2 Å². The Morgan fingerprint density at radius 2 is 1.88 bits per heavy atom. The van der Waals surface area contributed by atoms with Crippen molar-refractivity contribution in [2.24, 2.45) is 0 Å². The number of hydrogen-bond donors (Lipinski definition) is 1. The van der Waals surface area contributed by atoms with Crippen molar-refractivity contribution in [2.45, 2.75) is 32.1 Å². The van der Waals surface area contributed by atoms with Crippen LogP contribution in [0.3, 0.4) is 0 Å². The smallest absolute Gasteiger partial charge is 0.312 e. The van der Waals surface area contributed by atoms with E-state index >= 15 is 0 Å². The molecule has 1 aromatic heterocycles. The molecular formula is C19H20N2O3. The van der Waals surface area contributed by atoms with E-state index in [4.69, 9.17) is 0 Å². The fourth-order valence-corrected chi connectivity index (χ4v) is 2.91. The summed E-state index contributed by atoms with van der Waals surface area (Å²) in [4.78, 5) is 30.1. The summed E-state index contributed by atoms with van der Waals surface area (Å²) in [6.07, 6.45) is 1.71. The van der Waals surface area contributed by atoms with Crippen LogP contribution in [0.1, 0.15) is 48.3 Å². The first-order valence-electron chi connectivity index (χ1n) is 7.89. The molecule has 1 atom stereocenters. The number of aliphatic carboxylic acids is 1. The Morgan fingerprint density at radius 3 is 2.46 bits per heavy atom. The van der Waals surface area contributed by atoms with Crippen LogP contribution in [0.4, 0.5) is 5.69 Å². The largest absolute Gasteiger partial charge is 0.481 e. The van der Waals surface area contributed by atoms with E-state index in [-0.39, 0.29) is 17.9 Å². The standard InChI is InChI=1S/C19H20N2O3/c1-19(2,3)12-8-9-15(20-10-12)17(22)21-11-14(18(23)24)13-6-4-5-7-16(13)21/h4-10,14H,11H2,1-3H3,(H,23,24). The maximum Gasteiger partial charge on any atom is 0.312 e. The lowest BCUT2D eigenvalue weighted by molar-refractivity contribution is -0.138. The molecule has 1 aromatic carbocycles. The quantitative estimate of drug-likeness (QED) is 0.921. The van der Waals surface area contributed by atoms with Crippen LogP contribution in [0, 0.1) is 0 Å². The molecule has 1 unspecified atom stereocenters. The van der Waals surface area contributed by atoms with Crippen molar-refractivity contribution in [1.29, 1.82) is 0 Å². The number of hydrogen-bond acceptors (Lipinski definition) is 3. The van der Waals surface area contributed by atoms with Gasteiger partial charge in [0.25, 0.3) is 5.91 Å². The number of amides is 1. The normalized spacial score (nSPS) is 16.8. The van der Waals surface area contributed by atoms with Gasteiger partial charge in [-0.1, -0.05) is 45.0 Å². The number of carbonyl (C=O) groups is 2. The van der Waals surface area contributed by atoms with E-state index in [0.717, 1.165) is 5.56 Å². The van der Waals surface area contributed by atoms with Gasteiger partial charge in [-0.2, -0.15) is 0 Å². The molecule has 3 rings (SSSR count). The number of pyridine rings is 1. The molecule has 2 aromatic rings. The van der Waals surface area contributed by atoms with Crippen LogP contribution in [0.15, 0.2) is 42.6 Å². The lowest BCUT2D eigenvalue weighted by Crippen LogP contribution is -2.32. The van der Waals surface area contributed by atoms with Gasteiger partial charge in [0, 0.05) is 18.4 Å². The summed E-state index contributed by atoms with van der Waals surface area (Å²) in [5, 5.41) is 9.40. The van der Waals surface area contributed by atoms with Crippen LogP contribution in [0.25, 0.3) is 0 Å². The van der Waals surface area contributed by atoms with Crippen LogP contribution in [-0.4, -0.2) is 28.5 Å². The van der Waals surface area contributed by atoms with Crippen molar-refractivity contribution < 1.29 is 14.7 Å². The molecule has 1 amide bonds. The van der Waals surface area contributed by atoms with Gasteiger partial charge < -0.3 is 10.0 Å². The second-order valence-corrected chi connectivity index (χ2v) is 7.05. The summed E-state index contributed by atoms with van der Waals surface area (Å²) in [5.74, 6) is -1.89. The molecule has 0 bridgehead atoms. The van der Waals surface area contributed by atoms with Crippen molar-refractivity contribution >= 4 is 17.6 Å². The predicted octanol–water partition coefficient (Wildman–Crippen LogP) is 3.21. The van der Waals surface area contributed by atoms with E-state index < -0.39 is 11.9 Å². The molecule has 1 aliphatic rings. The van der Waals surface area contributed by atoms with Crippen LogP contribution in [0.2, 0.25) is 0 Å². The number of aromatic nitrogens is 1. The summed E-state index contributed by atoms with van der Waals surface area (Å²) >= 11 is 0. The molecular weight excluding hydrogens is 304 g/mol. The molecule has 0 radical (unpaired) electrons. The van der Waals surface area contributed by atoms with Gasteiger partial charge in [-0.05, 0) is 28.7 Å². The summed E-state index contributed by atoms with van der Waals surface area (Å²) < 4.78 is 0. The molecule has 0 aliphatic carbocycles. The second-order valence-electron chi connectivity index (χ2n) is 7.05. The summed E-state index contributed by atoms with van der Waals surface area (Å²) in [6, 6.07) is 10.7. The van der Waals surface area contributed by atoms with Crippen LogP contribution in [0.5, 0.6) is 0 Å². The molecule has 0 saturated heterocycles. The SMILES string of the molecule is CC(C)(C)c1ccc(C(=O)N2CC(C(=O)O)c3ccccc32)nc1. The van der Waals surface area contributed by atoms with Gasteiger partial charge in [-0.3, -0.25) is 14.6 Å². The predicted molar refractivity (Wildman–Crippen MR) is 91.4 cm³/mol. The maximum absolute atomic E-state index is 12.8. The van der Waals surface area contributed by atoms with E-state index in [1.165, 1.54) is 4.90 Å². The van der Waals surface area contributed by atoms with Crippen molar-refractivity contribution in [3.63, 3.8) is 0 Å². The van der Waals surface area contributed by atoms with Gasteiger partial charge in [0.05, 0.1) is 0 Å². The molecule has 0 fully saturated rings. The molecule has 2 heterocycles. The first-order chi connectivity index (χ1) is 11.3. The Bertz CT molecular complexity index is 791. The number of benzene rings is 1. The average Bonchev–Trinajstić information content (AvgIpc) is 2.93. The van der Waals surface area contributed by atoms with Gasteiger partial charge in [0.1, 0.15) is 11.6 Å². The highest BCUT2D eigenvalue weighted by Crippen LogP contribution is 2.37. The number of carboxylic acid groups (broad SMARTS) is 1. The lowest BCUT2D eigenvalue weighted by Gasteiger charge is -2.20. The Kier molecular flexibility index (Phi) is 3.87. The van der Waals surface area contributed by atoms with Gasteiger partial charge >= 0.3 is 5.97 Å². The summed E-state index contributed by atoms with van der Waals surface area (Å²) in [6.45, 7) is 6.38. The lowest BCUT2D eigenvalue weighted by atomic mass is 9.88.